The van der Waals surface area contributed by atoms with Crippen molar-refractivity contribution in [3.8, 4) is 0 Å². The highest BCUT2D eigenvalue weighted by molar-refractivity contribution is 9.10. The second kappa shape index (κ2) is 5.00. The van der Waals surface area contributed by atoms with Gasteiger partial charge in [0.15, 0.2) is 0 Å². The third-order valence-electron chi connectivity index (χ3n) is 1.63. The summed E-state index contributed by atoms with van der Waals surface area (Å²) in [4.78, 5) is 3.66. The summed E-state index contributed by atoms with van der Waals surface area (Å²) in [6.07, 6.45) is -2.68. The third kappa shape index (κ3) is 2.40. The van der Waals surface area contributed by atoms with E-state index in [1.165, 1.54) is 6.07 Å². The van der Waals surface area contributed by atoms with E-state index in [2.05, 4.69) is 20.9 Å². The first-order valence-electron chi connectivity index (χ1n) is 3.73. The highest BCUT2D eigenvalue weighted by atomic mass is 79.9. The molecule has 0 aromatic carbocycles. The van der Waals surface area contributed by atoms with Gasteiger partial charge in [0.1, 0.15) is 5.69 Å². The molecule has 0 atom stereocenters. The molecule has 1 aromatic heterocycles. The van der Waals surface area contributed by atoms with Crippen LogP contribution in [0.2, 0.25) is 0 Å². The molecule has 1 N–H and O–H groups in total. The van der Waals surface area contributed by atoms with E-state index in [1.807, 2.05) is 0 Å². The van der Waals surface area contributed by atoms with Crippen LogP contribution in [0.25, 0.3) is 0 Å². The van der Waals surface area contributed by atoms with E-state index in [1.54, 1.807) is 0 Å². The molecule has 0 saturated carbocycles. The van der Waals surface area contributed by atoms with Gasteiger partial charge in [-0.05, 0) is 27.6 Å². The predicted octanol–water partition coefficient (Wildman–Crippen LogP) is 3.01. The molecule has 1 rings (SSSR count). The summed E-state index contributed by atoms with van der Waals surface area (Å²) in [6.45, 7) is -0.327. The minimum absolute atomic E-state index is 0.0417. The smallest absolute Gasteiger partial charge is 0.281 e. The van der Waals surface area contributed by atoms with Gasteiger partial charge in [-0.2, -0.15) is 0 Å². The van der Waals surface area contributed by atoms with E-state index in [0.29, 0.717) is 11.3 Å². The number of halogens is 4. The molecular weight excluding hydrogens is 279 g/mol. The normalized spacial score (nSPS) is 11.0. The summed E-state index contributed by atoms with van der Waals surface area (Å²) >= 11 is 8.44. The number of aliphatic hydroxyl groups excluding tert-OH is 1. The summed E-state index contributed by atoms with van der Waals surface area (Å²) in [6, 6.07) is 1.49. The summed E-state index contributed by atoms with van der Waals surface area (Å²) in [5, 5.41) is 8.90. The Kier molecular flexibility index (Phi) is 4.22. The minimum atomic E-state index is -2.68. The van der Waals surface area contributed by atoms with Crippen molar-refractivity contribution in [2.45, 2.75) is 18.9 Å². The number of hydrogen-bond donors (Lipinski definition) is 1. The zero-order chi connectivity index (χ0) is 10.7. The topological polar surface area (TPSA) is 33.1 Å². The van der Waals surface area contributed by atoms with E-state index in [9.17, 15) is 8.78 Å². The molecule has 0 aliphatic carbocycles. The molecular formula is C8H7BrClF2NO. The largest absolute Gasteiger partial charge is 0.392 e. The van der Waals surface area contributed by atoms with Gasteiger partial charge < -0.3 is 5.11 Å². The van der Waals surface area contributed by atoms with E-state index in [0.717, 1.165) is 0 Å². The van der Waals surface area contributed by atoms with Crippen LogP contribution in [0, 0.1) is 0 Å². The van der Waals surface area contributed by atoms with Gasteiger partial charge in [-0.1, -0.05) is 0 Å². The Morgan fingerprint density at radius 2 is 2.21 bits per heavy atom. The molecule has 1 heterocycles. The molecule has 0 fully saturated rings. The van der Waals surface area contributed by atoms with E-state index in [4.69, 9.17) is 16.7 Å². The number of aliphatic hydroxyl groups is 1. The van der Waals surface area contributed by atoms with Gasteiger partial charge in [0.25, 0.3) is 6.43 Å². The first kappa shape index (κ1) is 11.8. The molecule has 0 saturated heterocycles. The lowest BCUT2D eigenvalue weighted by Crippen LogP contribution is -2.00. The van der Waals surface area contributed by atoms with E-state index >= 15 is 0 Å². The number of aromatic nitrogens is 1. The Morgan fingerprint density at radius 1 is 1.57 bits per heavy atom. The maximum atomic E-state index is 12.4. The number of pyridine rings is 1. The quantitative estimate of drug-likeness (QED) is 0.867. The Labute approximate surface area is 93.0 Å². The van der Waals surface area contributed by atoms with E-state index in [-0.39, 0.29) is 22.7 Å². The Morgan fingerprint density at radius 3 is 2.64 bits per heavy atom. The minimum Gasteiger partial charge on any atom is -0.392 e. The van der Waals surface area contributed by atoms with Crippen LogP contribution in [-0.2, 0) is 12.5 Å². The standard InChI is InChI=1S/C8H7BrClF2NO/c9-6-4(3-14)1-5(2-10)13-7(6)8(11)12/h1,8,14H,2-3H2. The molecule has 1 aromatic rings. The second-order valence-corrected chi connectivity index (χ2v) is 3.62. The third-order valence-corrected chi connectivity index (χ3v) is 2.82. The van der Waals surface area contributed by atoms with Crippen LogP contribution >= 0.6 is 27.5 Å². The molecule has 0 aliphatic heterocycles. The van der Waals surface area contributed by atoms with Crippen molar-refractivity contribution in [1.82, 2.24) is 4.98 Å². The average molecular weight is 287 g/mol. The van der Waals surface area contributed by atoms with Gasteiger partial charge in [-0.15, -0.1) is 11.6 Å². The number of hydrogen-bond acceptors (Lipinski definition) is 2. The van der Waals surface area contributed by atoms with E-state index < -0.39 is 6.43 Å². The van der Waals surface area contributed by atoms with Gasteiger partial charge in [0.05, 0.1) is 22.7 Å². The lowest BCUT2D eigenvalue weighted by Gasteiger charge is -2.08. The lowest BCUT2D eigenvalue weighted by molar-refractivity contribution is 0.144. The Bertz CT molecular complexity index is 335. The fourth-order valence-electron chi connectivity index (χ4n) is 0.993. The molecule has 6 heteroatoms. The Hall–Kier alpha value is -0.260. The van der Waals surface area contributed by atoms with Crippen molar-refractivity contribution in [3.63, 3.8) is 0 Å². The molecule has 0 unspecified atom stereocenters. The summed E-state index contributed by atoms with van der Waals surface area (Å²) < 4.78 is 25.0. The molecule has 0 amide bonds. The molecule has 78 valence electrons. The van der Waals surface area contributed by atoms with Crippen LogP contribution in [-0.4, -0.2) is 10.1 Å². The summed E-state index contributed by atoms with van der Waals surface area (Å²) in [7, 11) is 0. The molecule has 0 radical (unpaired) electrons. The van der Waals surface area contributed by atoms with Crippen molar-refractivity contribution in [3.05, 3.63) is 27.5 Å². The van der Waals surface area contributed by atoms with Gasteiger partial charge in [0, 0.05) is 0 Å². The fraction of sp³-hybridized carbons (Fsp3) is 0.375. The molecule has 14 heavy (non-hydrogen) atoms. The van der Waals surface area contributed by atoms with Crippen LogP contribution in [0.3, 0.4) is 0 Å². The molecule has 2 nitrogen and oxygen atoms in total. The van der Waals surface area contributed by atoms with Crippen LogP contribution in [0.1, 0.15) is 23.4 Å². The first-order valence-corrected chi connectivity index (χ1v) is 5.06. The van der Waals surface area contributed by atoms with Crippen molar-refractivity contribution < 1.29 is 13.9 Å². The van der Waals surface area contributed by atoms with Gasteiger partial charge in [0.2, 0.25) is 0 Å². The predicted molar refractivity (Wildman–Crippen MR) is 52.4 cm³/mol. The first-order chi connectivity index (χ1) is 6.60. The van der Waals surface area contributed by atoms with Crippen molar-refractivity contribution in [1.29, 1.82) is 0 Å². The highest BCUT2D eigenvalue weighted by Gasteiger charge is 2.17. The maximum absolute atomic E-state index is 12.4. The van der Waals surface area contributed by atoms with Crippen LogP contribution in [0.5, 0.6) is 0 Å². The summed E-state index contributed by atoms with van der Waals surface area (Å²) in [5.74, 6) is 0.0417. The van der Waals surface area contributed by atoms with Crippen LogP contribution in [0.4, 0.5) is 8.78 Å². The molecule has 0 aliphatic rings. The fourth-order valence-corrected chi connectivity index (χ4v) is 1.63. The number of nitrogens with zero attached hydrogens (tertiary/aromatic N) is 1. The Balaban J connectivity index is 3.27. The monoisotopic (exact) mass is 285 g/mol. The van der Waals surface area contributed by atoms with Gasteiger partial charge in [-0.3, -0.25) is 0 Å². The van der Waals surface area contributed by atoms with Crippen molar-refractivity contribution >= 4 is 27.5 Å². The number of rotatable bonds is 3. The van der Waals surface area contributed by atoms with Crippen LogP contribution in [0.15, 0.2) is 10.5 Å². The zero-order valence-electron chi connectivity index (χ0n) is 6.98. The number of alkyl halides is 3. The summed E-state index contributed by atoms with van der Waals surface area (Å²) in [5.41, 5.74) is 0.312. The van der Waals surface area contributed by atoms with Gasteiger partial charge in [-0.25, -0.2) is 13.8 Å². The maximum Gasteiger partial charge on any atom is 0.281 e. The average Bonchev–Trinajstić information content (AvgIpc) is 2.17. The van der Waals surface area contributed by atoms with Crippen molar-refractivity contribution in [2.75, 3.05) is 0 Å². The molecule has 0 spiro atoms. The van der Waals surface area contributed by atoms with Gasteiger partial charge >= 0.3 is 0 Å². The SMILES string of the molecule is OCc1cc(CCl)nc(C(F)F)c1Br. The zero-order valence-corrected chi connectivity index (χ0v) is 9.32. The lowest BCUT2D eigenvalue weighted by atomic mass is 10.2. The molecule has 0 bridgehead atoms. The highest BCUT2D eigenvalue weighted by Crippen LogP contribution is 2.29. The van der Waals surface area contributed by atoms with Crippen LogP contribution < -0.4 is 0 Å². The van der Waals surface area contributed by atoms with Crippen molar-refractivity contribution in [2.24, 2.45) is 0 Å². The second-order valence-electron chi connectivity index (χ2n) is 2.56.